The molecule has 0 aromatic heterocycles. The van der Waals surface area contributed by atoms with E-state index in [4.69, 9.17) is 25.8 Å². The lowest BCUT2D eigenvalue weighted by molar-refractivity contribution is -0.114. The number of ketones is 1. The molecule has 0 radical (unpaired) electrons. The first-order chi connectivity index (χ1) is 12.4. The SMILES string of the molecule is CC(C)/C=C/C(=O)CCCOCCN.CC(C)C=NOCCOCCN. The van der Waals surface area contributed by atoms with Crippen LogP contribution in [0.2, 0.25) is 0 Å². The first-order valence-electron chi connectivity index (χ1n) is 9.36. The predicted octanol–water partition coefficient (Wildman–Crippen LogP) is 2.14. The quantitative estimate of drug-likeness (QED) is 0.197. The fraction of sp³-hybridized carbons (Fsp3) is 0.789. The maximum Gasteiger partial charge on any atom is 0.155 e. The van der Waals surface area contributed by atoms with Crippen molar-refractivity contribution < 1.29 is 19.1 Å². The molecule has 7 nitrogen and oxygen atoms in total. The van der Waals surface area contributed by atoms with Crippen LogP contribution in [0.3, 0.4) is 0 Å². The van der Waals surface area contributed by atoms with Crippen molar-refractivity contribution in [2.75, 3.05) is 46.1 Å². The van der Waals surface area contributed by atoms with Crippen LogP contribution in [0.4, 0.5) is 0 Å². The van der Waals surface area contributed by atoms with Crippen molar-refractivity contribution >= 4 is 12.0 Å². The largest absolute Gasteiger partial charge is 0.394 e. The molecule has 4 N–H and O–H groups in total. The molecule has 0 aliphatic rings. The van der Waals surface area contributed by atoms with E-state index < -0.39 is 0 Å². The molecule has 26 heavy (non-hydrogen) atoms. The van der Waals surface area contributed by atoms with Crippen LogP contribution in [0.15, 0.2) is 17.3 Å². The summed E-state index contributed by atoms with van der Waals surface area (Å²) >= 11 is 0. The van der Waals surface area contributed by atoms with Crippen LogP contribution in [0.1, 0.15) is 40.5 Å². The molecule has 0 fully saturated rings. The van der Waals surface area contributed by atoms with Gasteiger partial charge in [0.1, 0.15) is 6.61 Å². The van der Waals surface area contributed by atoms with Crippen molar-refractivity contribution in [2.24, 2.45) is 28.5 Å². The van der Waals surface area contributed by atoms with E-state index in [0.29, 0.717) is 64.4 Å². The molecule has 0 aliphatic heterocycles. The Morgan fingerprint density at radius 1 is 0.923 bits per heavy atom. The van der Waals surface area contributed by atoms with Gasteiger partial charge in [0, 0.05) is 32.3 Å². The highest BCUT2D eigenvalue weighted by atomic mass is 16.6. The maximum absolute atomic E-state index is 11.2. The molecule has 0 heterocycles. The topological polar surface area (TPSA) is 109 Å². The summed E-state index contributed by atoms with van der Waals surface area (Å²) in [6, 6.07) is 0. The van der Waals surface area contributed by atoms with Gasteiger partial charge in [-0.05, 0) is 24.3 Å². The van der Waals surface area contributed by atoms with Crippen molar-refractivity contribution in [1.29, 1.82) is 0 Å². The molecule has 0 bridgehead atoms. The van der Waals surface area contributed by atoms with Crippen molar-refractivity contribution in [3.8, 4) is 0 Å². The number of allylic oxidation sites excluding steroid dienone is 2. The van der Waals surface area contributed by atoms with Crippen molar-refractivity contribution in [1.82, 2.24) is 0 Å². The van der Waals surface area contributed by atoms with Crippen LogP contribution in [-0.4, -0.2) is 58.1 Å². The Bertz CT molecular complexity index is 359. The summed E-state index contributed by atoms with van der Waals surface area (Å²) in [6.45, 7) is 12.1. The molecular weight excluding hydrogens is 334 g/mol. The van der Waals surface area contributed by atoms with Crippen LogP contribution in [-0.2, 0) is 19.1 Å². The first-order valence-corrected chi connectivity index (χ1v) is 9.36. The lowest BCUT2D eigenvalue weighted by atomic mass is 10.1. The number of carbonyl (C=O) groups excluding carboxylic acids is 1. The van der Waals surface area contributed by atoms with Gasteiger partial charge in [-0.15, -0.1) is 0 Å². The minimum Gasteiger partial charge on any atom is -0.394 e. The number of hydrogen-bond acceptors (Lipinski definition) is 7. The molecule has 7 heteroatoms. The Kier molecular flexibility index (Phi) is 22.6. The minimum atomic E-state index is 0.176. The predicted molar refractivity (Wildman–Crippen MR) is 107 cm³/mol. The zero-order chi connectivity index (χ0) is 20.0. The Balaban J connectivity index is 0. The Hall–Kier alpha value is -1.28. The van der Waals surface area contributed by atoms with Gasteiger partial charge in [0.25, 0.3) is 0 Å². The Morgan fingerprint density at radius 2 is 1.54 bits per heavy atom. The summed E-state index contributed by atoms with van der Waals surface area (Å²) < 4.78 is 10.2. The number of rotatable bonds is 15. The van der Waals surface area contributed by atoms with E-state index in [1.807, 2.05) is 33.8 Å². The third-order valence-electron chi connectivity index (χ3n) is 2.66. The van der Waals surface area contributed by atoms with Gasteiger partial charge in [0.15, 0.2) is 5.78 Å². The lowest BCUT2D eigenvalue weighted by Gasteiger charge is -2.00. The average Bonchev–Trinajstić information content (AvgIpc) is 2.59. The van der Waals surface area contributed by atoms with E-state index in [0.717, 1.165) is 6.42 Å². The molecule has 0 saturated heterocycles. The molecule has 0 aromatic carbocycles. The summed E-state index contributed by atoms with van der Waals surface area (Å²) in [4.78, 5) is 16.1. The fourth-order valence-corrected chi connectivity index (χ4v) is 1.42. The Morgan fingerprint density at radius 3 is 2.08 bits per heavy atom. The van der Waals surface area contributed by atoms with Crippen LogP contribution in [0.25, 0.3) is 0 Å². The van der Waals surface area contributed by atoms with Gasteiger partial charge in [-0.1, -0.05) is 38.9 Å². The molecule has 0 aromatic rings. The molecule has 154 valence electrons. The molecule has 0 aliphatic carbocycles. The van der Waals surface area contributed by atoms with Gasteiger partial charge in [0.2, 0.25) is 0 Å². The molecule has 0 spiro atoms. The average molecular weight is 374 g/mol. The number of carbonyl (C=O) groups is 1. The number of oxime groups is 1. The molecule has 0 amide bonds. The summed E-state index contributed by atoms with van der Waals surface area (Å²) in [5.74, 6) is 1.04. The summed E-state index contributed by atoms with van der Waals surface area (Å²) in [5.41, 5.74) is 10.5. The molecular formula is C19H39N3O4. The van der Waals surface area contributed by atoms with Crippen LogP contribution in [0.5, 0.6) is 0 Å². The smallest absolute Gasteiger partial charge is 0.155 e. The minimum absolute atomic E-state index is 0.176. The fourth-order valence-electron chi connectivity index (χ4n) is 1.42. The summed E-state index contributed by atoms with van der Waals surface area (Å²) in [6.07, 6.45) is 6.68. The third-order valence-corrected chi connectivity index (χ3v) is 2.66. The second-order valence-electron chi connectivity index (χ2n) is 6.31. The van der Waals surface area contributed by atoms with E-state index in [1.54, 1.807) is 12.3 Å². The standard InChI is InChI=1S/C11H21NO2.C8H18N2O2/c1-10(2)5-6-11(13)4-3-8-14-9-7-12;1-8(2)7-10-12-6-5-11-4-3-9/h5-6,10H,3-4,7-9,12H2,1-2H3;7-8H,3-6,9H2,1-2H3/b6-5+;. The van der Waals surface area contributed by atoms with Gasteiger partial charge in [0.05, 0.1) is 19.8 Å². The van der Waals surface area contributed by atoms with Crippen molar-refractivity contribution in [3.63, 3.8) is 0 Å². The molecule has 0 rings (SSSR count). The van der Waals surface area contributed by atoms with E-state index in [1.165, 1.54) is 0 Å². The third kappa shape index (κ3) is 27.6. The number of hydrogen-bond donors (Lipinski definition) is 2. The maximum atomic E-state index is 11.2. The normalized spacial score (nSPS) is 11.4. The monoisotopic (exact) mass is 373 g/mol. The van der Waals surface area contributed by atoms with Gasteiger partial charge in [-0.3, -0.25) is 4.79 Å². The zero-order valence-electron chi connectivity index (χ0n) is 17.0. The van der Waals surface area contributed by atoms with Crippen LogP contribution in [0, 0.1) is 11.8 Å². The molecule has 0 saturated carbocycles. The Labute approximate surface area is 159 Å². The van der Waals surface area contributed by atoms with Gasteiger partial charge < -0.3 is 25.8 Å². The lowest BCUT2D eigenvalue weighted by Crippen LogP contribution is -2.11. The van der Waals surface area contributed by atoms with Gasteiger partial charge in [-0.25, -0.2) is 0 Å². The van der Waals surface area contributed by atoms with Crippen molar-refractivity contribution in [3.05, 3.63) is 12.2 Å². The van der Waals surface area contributed by atoms with E-state index >= 15 is 0 Å². The van der Waals surface area contributed by atoms with Gasteiger partial charge >= 0.3 is 0 Å². The van der Waals surface area contributed by atoms with E-state index in [-0.39, 0.29) is 5.78 Å². The highest BCUT2D eigenvalue weighted by Crippen LogP contribution is 1.98. The number of nitrogens with two attached hydrogens (primary N) is 2. The highest BCUT2D eigenvalue weighted by Gasteiger charge is 1.97. The molecule has 0 atom stereocenters. The highest BCUT2D eigenvalue weighted by molar-refractivity contribution is 5.89. The second-order valence-corrected chi connectivity index (χ2v) is 6.31. The summed E-state index contributed by atoms with van der Waals surface area (Å²) in [5, 5.41) is 3.73. The number of ether oxygens (including phenoxy) is 2. The van der Waals surface area contributed by atoms with Gasteiger partial charge in [-0.2, -0.15) is 0 Å². The second kappa shape index (κ2) is 21.8. The number of nitrogens with zero attached hydrogens (tertiary/aromatic N) is 1. The van der Waals surface area contributed by atoms with E-state index in [9.17, 15) is 4.79 Å². The van der Waals surface area contributed by atoms with Crippen molar-refractivity contribution in [2.45, 2.75) is 40.5 Å². The zero-order valence-corrected chi connectivity index (χ0v) is 17.0. The molecule has 0 unspecified atom stereocenters. The van der Waals surface area contributed by atoms with Crippen LogP contribution < -0.4 is 11.5 Å². The van der Waals surface area contributed by atoms with Crippen LogP contribution >= 0.6 is 0 Å². The summed E-state index contributed by atoms with van der Waals surface area (Å²) in [7, 11) is 0. The van der Waals surface area contributed by atoms with E-state index in [2.05, 4.69) is 5.16 Å². The first kappa shape index (κ1) is 26.9.